The summed E-state index contributed by atoms with van der Waals surface area (Å²) in [5.74, 6) is 0.958. The number of likely N-dealkylation sites (tertiary alicyclic amines) is 1. The van der Waals surface area contributed by atoms with E-state index < -0.39 is 12.0 Å². The molecule has 2 bridgehead atoms. The predicted molar refractivity (Wildman–Crippen MR) is 163 cm³/mol. The van der Waals surface area contributed by atoms with E-state index in [2.05, 4.69) is 51.6 Å². The lowest BCUT2D eigenvalue weighted by molar-refractivity contribution is -0.145. The first-order valence-corrected chi connectivity index (χ1v) is 16.4. The first kappa shape index (κ1) is 28.0. The highest BCUT2D eigenvalue weighted by atomic mass is 19.1. The number of aliphatic carboxylic acids is 1. The molecular weight excluding hydrogens is 527 g/mol. The number of imidazole rings is 1. The molecule has 3 saturated heterocycles. The van der Waals surface area contributed by atoms with Crippen LogP contribution in [0.3, 0.4) is 0 Å². The van der Waals surface area contributed by atoms with Crippen molar-refractivity contribution in [1.82, 2.24) is 19.4 Å². The second-order valence-electron chi connectivity index (χ2n) is 13.5. The Labute approximate surface area is 248 Å². The molecule has 2 aromatic carbocycles. The molecule has 0 radical (unpaired) electrons. The molecule has 42 heavy (non-hydrogen) atoms. The maximum absolute atomic E-state index is 14.4. The monoisotopic (exact) mass is 572 g/mol. The zero-order valence-corrected chi connectivity index (χ0v) is 24.9. The van der Waals surface area contributed by atoms with Crippen LogP contribution >= 0.6 is 0 Å². The number of halogens is 1. The number of aryl methyl sites for hydroxylation is 1. The molecule has 7 rings (SSSR count). The molecule has 1 N–H and O–H groups in total. The molecule has 4 heterocycles. The van der Waals surface area contributed by atoms with Gasteiger partial charge < -0.3 is 9.67 Å². The van der Waals surface area contributed by atoms with Crippen LogP contribution in [0.25, 0.3) is 11.0 Å². The van der Waals surface area contributed by atoms with Crippen molar-refractivity contribution in [3.8, 4) is 0 Å². The third-order valence-corrected chi connectivity index (χ3v) is 11.1. The number of carbonyl (C=O) groups is 1. The Bertz CT molecular complexity index is 1400. The summed E-state index contributed by atoms with van der Waals surface area (Å²) < 4.78 is 17.0. The van der Waals surface area contributed by atoms with Gasteiger partial charge in [0, 0.05) is 50.1 Å². The van der Waals surface area contributed by atoms with Crippen molar-refractivity contribution in [3.63, 3.8) is 0 Å². The van der Waals surface area contributed by atoms with Gasteiger partial charge in [0.25, 0.3) is 0 Å². The lowest BCUT2D eigenvalue weighted by Gasteiger charge is -2.42. The Morgan fingerprint density at radius 1 is 0.976 bits per heavy atom. The van der Waals surface area contributed by atoms with Gasteiger partial charge in [0.2, 0.25) is 0 Å². The van der Waals surface area contributed by atoms with Gasteiger partial charge in [-0.15, -0.1) is 0 Å². The molecule has 4 fully saturated rings. The van der Waals surface area contributed by atoms with Crippen molar-refractivity contribution in [2.45, 2.75) is 101 Å². The molecule has 0 amide bonds. The van der Waals surface area contributed by atoms with Crippen molar-refractivity contribution in [2.24, 2.45) is 11.8 Å². The molecule has 224 valence electrons. The van der Waals surface area contributed by atoms with Crippen LogP contribution in [0.2, 0.25) is 0 Å². The van der Waals surface area contributed by atoms with E-state index in [1.807, 2.05) is 6.07 Å². The molecule has 1 aromatic heterocycles. The predicted octanol–water partition coefficient (Wildman–Crippen LogP) is 6.65. The second kappa shape index (κ2) is 11.7. The third-order valence-electron chi connectivity index (χ3n) is 11.1. The van der Waals surface area contributed by atoms with Crippen molar-refractivity contribution in [3.05, 3.63) is 65.7 Å². The summed E-state index contributed by atoms with van der Waals surface area (Å²) >= 11 is 0. The maximum Gasteiger partial charge on any atom is 0.321 e. The zero-order chi connectivity index (χ0) is 28.8. The Morgan fingerprint density at radius 3 is 2.45 bits per heavy atom. The van der Waals surface area contributed by atoms with Crippen molar-refractivity contribution in [1.29, 1.82) is 0 Å². The highest BCUT2D eigenvalue weighted by Crippen LogP contribution is 2.45. The standard InChI is InChI=1S/C35H45FN4O2/c1-2-33-37-31-13-6-7-14-32(31)40(33)29-18-27-15-16-28(19-29)39(27)21-25-20-38(22-30(25)24-11-8-12-26(36)17-24)34(35(41)42)23-9-4-3-5-10-23/h6-8,11-14,17,23,25,27-30,34H,2-5,9-10,15-16,18-22H2,1H3,(H,41,42)/t25-,27?,28?,29?,30-,34-/m1/s1. The number of para-hydroxylation sites is 2. The number of carboxylic acid groups (broad SMARTS) is 1. The Kier molecular flexibility index (Phi) is 7.82. The van der Waals surface area contributed by atoms with Gasteiger partial charge in [-0.2, -0.15) is 0 Å². The summed E-state index contributed by atoms with van der Waals surface area (Å²) in [6.07, 6.45) is 11.1. The van der Waals surface area contributed by atoms with Gasteiger partial charge in [0.15, 0.2) is 0 Å². The average Bonchev–Trinajstić information content (AvgIpc) is 3.64. The molecule has 6 nitrogen and oxygen atoms in total. The molecule has 5 atom stereocenters. The van der Waals surface area contributed by atoms with Crippen LogP contribution in [-0.4, -0.2) is 68.2 Å². The minimum absolute atomic E-state index is 0.146. The Morgan fingerprint density at radius 2 is 1.74 bits per heavy atom. The largest absolute Gasteiger partial charge is 0.480 e. The average molecular weight is 573 g/mol. The van der Waals surface area contributed by atoms with E-state index in [-0.39, 0.29) is 23.6 Å². The summed E-state index contributed by atoms with van der Waals surface area (Å²) in [5, 5.41) is 10.4. The van der Waals surface area contributed by atoms with Crippen molar-refractivity contribution < 1.29 is 14.3 Å². The van der Waals surface area contributed by atoms with Gasteiger partial charge in [0.1, 0.15) is 17.7 Å². The first-order chi connectivity index (χ1) is 20.5. The summed E-state index contributed by atoms with van der Waals surface area (Å²) in [6.45, 7) is 4.65. The van der Waals surface area contributed by atoms with Gasteiger partial charge in [-0.1, -0.05) is 50.5 Å². The molecule has 3 aliphatic heterocycles. The molecule has 1 aliphatic carbocycles. The fourth-order valence-electron chi connectivity index (χ4n) is 9.31. The lowest BCUT2D eigenvalue weighted by Crippen LogP contribution is -2.48. The zero-order valence-electron chi connectivity index (χ0n) is 24.9. The minimum Gasteiger partial charge on any atom is -0.480 e. The fraction of sp³-hybridized carbons (Fsp3) is 0.600. The minimum atomic E-state index is -0.680. The van der Waals surface area contributed by atoms with Gasteiger partial charge in [-0.05, 0) is 80.2 Å². The maximum atomic E-state index is 14.4. The van der Waals surface area contributed by atoms with Crippen molar-refractivity contribution >= 4 is 17.0 Å². The van der Waals surface area contributed by atoms with Crippen LogP contribution in [0.4, 0.5) is 4.39 Å². The number of carboxylic acids is 1. The number of piperidine rings is 1. The SMILES string of the molecule is CCc1nc2ccccc2n1C1CC2CCC(C1)N2C[C@H]1CN([C@@H](C(=O)O)C2CCCCC2)C[C@@H]1c1cccc(F)c1. The number of rotatable bonds is 8. The number of nitrogens with zero attached hydrogens (tertiary/aromatic N) is 4. The molecule has 4 aliphatic rings. The van der Waals surface area contributed by atoms with Crippen LogP contribution in [0.15, 0.2) is 48.5 Å². The van der Waals surface area contributed by atoms with E-state index in [4.69, 9.17) is 4.98 Å². The number of aromatic nitrogens is 2. The third kappa shape index (κ3) is 5.17. The highest BCUT2D eigenvalue weighted by Gasteiger charge is 2.47. The summed E-state index contributed by atoms with van der Waals surface area (Å²) in [6, 6.07) is 16.7. The van der Waals surface area contributed by atoms with Crippen LogP contribution in [0.1, 0.15) is 88.1 Å². The van der Waals surface area contributed by atoms with Crippen LogP contribution in [0, 0.1) is 17.7 Å². The molecule has 2 unspecified atom stereocenters. The number of fused-ring (bicyclic) bond motifs is 3. The highest BCUT2D eigenvalue weighted by molar-refractivity contribution is 5.76. The molecule has 3 aromatic rings. The molecule has 0 spiro atoms. The van der Waals surface area contributed by atoms with E-state index in [0.29, 0.717) is 24.7 Å². The van der Waals surface area contributed by atoms with E-state index in [1.54, 1.807) is 6.07 Å². The lowest BCUT2D eigenvalue weighted by atomic mass is 9.83. The van der Waals surface area contributed by atoms with Crippen LogP contribution in [0.5, 0.6) is 0 Å². The van der Waals surface area contributed by atoms with Gasteiger partial charge in [-0.25, -0.2) is 9.37 Å². The quantitative estimate of drug-likeness (QED) is 0.327. The number of hydrogen-bond acceptors (Lipinski definition) is 4. The number of benzene rings is 2. The summed E-state index contributed by atoms with van der Waals surface area (Å²) in [5.41, 5.74) is 3.38. The topological polar surface area (TPSA) is 61.6 Å². The van der Waals surface area contributed by atoms with Crippen LogP contribution < -0.4 is 0 Å². The summed E-state index contributed by atoms with van der Waals surface area (Å²) in [7, 11) is 0. The van der Waals surface area contributed by atoms with Gasteiger partial charge in [0.05, 0.1) is 11.0 Å². The van der Waals surface area contributed by atoms with Crippen molar-refractivity contribution in [2.75, 3.05) is 19.6 Å². The van der Waals surface area contributed by atoms with Crippen LogP contribution in [-0.2, 0) is 11.2 Å². The van der Waals surface area contributed by atoms with Gasteiger partial charge >= 0.3 is 5.97 Å². The molecule has 1 saturated carbocycles. The fourth-order valence-corrected chi connectivity index (χ4v) is 9.31. The molecular formula is C35H45FN4O2. The Hall–Kier alpha value is -2.77. The Balaban J connectivity index is 1.13. The first-order valence-electron chi connectivity index (χ1n) is 16.4. The van der Waals surface area contributed by atoms with E-state index in [0.717, 1.165) is 69.1 Å². The smallest absolute Gasteiger partial charge is 0.321 e. The van der Waals surface area contributed by atoms with E-state index in [1.165, 1.54) is 36.7 Å². The number of hydrogen-bond donors (Lipinski definition) is 1. The van der Waals surface area contributed by atoms with Gasteiger partial charge in [-0.3, -0.25) is 14.6 Å². The van der Waals surface area contributed by atoms with E-state index in [9.17, 15) is 14.3 Å². The molecule has 7 heteroatoms. The second-order valence-corrected chi connectivity index (χ2v) is 13.5. The normalized spacial score (nSPS) is 29.8. The summed E-state index contributed by atoms with van der Waals surface area (Å²) in [4.78, 5) is 22.7. The van der Waals surface area contributed by atoms with E-state index >= 15 is 0 Å².